The number of furan rings is 1. The van der Waals surface area contributed by atoms with E-state index >= 15 is 0 Å². The van der Waals surface area contributed by atoms with Crippen LogP contribution in [0.5, 0.6) is 0 Å². The molecule has 2 aromatic heterocycles. The lowest BCUT2D eigenvalue weighted by Gasteiger charge is -2.33. The minimum Gasteiger partial charge on any atom is -0.468 e. The Kier molecular flexibility index (Phi) is 8.42. The molecular weight excluding hydrogens is 400 g/mol. The Morgan fingerprint density at radius 2 is 1.84 bits per heavy atom. The fraction of sp³-hybridized carbons (Fsp3) is 0.600. The lowest BCUT2D eigenvalue weighted by atomic mass is 10.1. The highest BCUT2D eigenvalue weighted by Crippen LogP contribution is 2.24. The number of anilines is 1. The van der Waals surface area contributed by atoms with Crippen LogP contribution in [0.2, 0.25) is 0 Å². The molecule has 0 radical (unpaired) electrons. The predicted octanol–water partition coefficient (Wildman–Crippen LogP) is 3.95. The van der Waals surface area contributed by atoms with Crippen molar-refractivity contribution >= 4 is 11.8 Å². The van der Waals surface area contributed by atoms with Gasteiger partial charge >= 0.3 is 0 Å². The molecule has 2 N–H and O–H groups in total. The van der Waals surface area contributed by atoms with Gasteiger partial charge in [-0.2, -0.15) is 0 Å². The minimum absolute atomic E-state index is 0.223. The second-order valence-corrected chi connectivity index (χ2v) is 8.77. The van der Waals surface area contributed by atoms with E-state index in [9.17, 15) is 0 Å². The molecule has 0 aliphatic carbocycles. The van der Waals surface area contributed by atoms with Crippen LogP contribution in [-0.2, 0) is 6.54 Å². The SMILES string of the molecule is CCNC(=NCc1ccnc(N2CCCCC2)c1)NCC(c1ccco1)N1CCCCC1. The van der Waals surface area contributed by atoms with Gasteiger partial charge in [0.25, 0.3) is 0 Å². The van der Waals surface area contributed by atoms with Crippen LogP contribution in [0.3, 0.4) is 0 Å². The number of likely N-dealkylation sites (tertiary alicyclic amines) is 1. The second-order valence-electron chi connectivity index (χ2n) is 8.77. The Labute approximate surface area is 192 Å². The van der Waals surface area contributed by atoms with E-state index in [1.54, 1.807) is 6.26 Å². The molecule has 2 aromatic rings. The molecule has 0 amide bonds. The van der Waals surface area contributed by atoms with Crippen molar-refractivity contribution in [2.24, 2.45) is 4.99 Å². The first-order valence-corrected chi connectivity index (χ1v) is 12.3. The van der Waals surface area contributed by atoms with Crippen LogP contribution in [0.25, 0.3) is 0 Å². The summed E-state index contributed by atoms with van der Waals surface area (Å²) < 4.78 is 5.79. The fourth-order valence-corrected chi connectivity index (χ4v) is 4.68. The minimum atomic E-state index is 0.223. The topological polar surface area (TPSA) is 68.9 Å². The van der Waals surface area contributed by atoms with Crippen molar-refractivity contribution in [2.75, 3.05) is 44.2 Å². The number of guanidine groups is 1. The third kappa shape index (κ3) is 6.25. The molecule has 2 aliphatic heterocycles. The Balaban J connectivity index is 1.40. The average Bonchev–Trinajstić information content (AvgIpc) is 3.39. The molecule has 4 heterocycles. The van der Waals surface area contributed by atoms with Crippen molar-refractivity contribution in [3.63, 3.8) is 0 Å². The van der Waals surface area contributed by atoms with Gasteiger partial charge in [-0.1, -0.05) is 6.42 Å². The fourth-order valence-electron chi connectivity index (χ4n) is 4.68. The maximum absolute atomic E-state index is 5.79. The summed E-state index contributed by atoms with van der Waals surface area (Å²) in [5.74, 6) is 2.95. The zero-order valence-electron chi connectivity index (χ0n) is 19.4. The van der Waals surface area contributed by atoms with Gasteiger partial charge < -0.3 is 20.0 Å². The first-order chi connectivity index (χ1) is 15.8. The Morgan fingerprint density at radius 3 is 2.56 bits per heavy atom. The lowest BCUT2D eigenvalue weighted by Crippen LogP contribution is -2.44. The van der Waals surface area contributed by atoms with Gasteiger partial charge in [0.2, 0.25) is 0 Å². The van der Waals surface area contributed by atoms with E-state index in [0.717, 1.165) is 56.8 Å². The largest absolute Gasteiger partial charge is 0.468 e. The van der Waals surface area contributed by atoms with Gasteiger partial charge in [-0.15, -0.1) is 0 Å². The Hall–Kier alpha value is -2.54. The predicted molar refractivity (Wildman–Crippen MR) is 130 cm³/mol. The molecule has 1 atom stereocenters. The van der Waals surface area contributed by atoms with E-state index in [2.05, 4.69) is 50.5 Å². The van der Waals surface area contributed by atoms with Crippen molar-refractivity contribution in [3.05, 3.63) is 48.0 Å². The summed E-state index contributed by atoms with van der Waals surface area (Å²) in [6.45, 7) is 8.79. The molecule has 0 bridgehead atoms. The first kappa shape index (κ1) is 22.6. The van der Waals surface area contributed by atoms with Gasteiger partial charge in [-0.25, -0.2) is 9.98 Å². The summed E-state index contributed by atoms with van der Waals surface area (Å²) in [4.78, 5) is 14.4. The van der Waals surface area contributed by atoms with Crippen LogP contribution in [0, 0.1) is 0 Å². The van der Waals surface area contributed by atoms with Gasteiger partial charge in [-0.05, 0) is 81.9 Å². The maximum atomic E-state index is 5.79. The van der Waals surface area contributed by atoms with E-state index in [1.165, 1.54) is 44.1 Å². The van der Waals surface area contributed by atoms with Crippen LogP contribution in [-0.4, -0.2) is 55.1 Å². The van der Waals surface area contributed by atoms with Crippen molar-refractivity contribution < 1.29 is 4.42 Å². The van der Waals surface area contributed by atoms with Crippen LogP contribution >= 0.6 is 0 Å². The van der Waals surface area contributed by atoms with Gasteiger partial charge in [0.05, 0.1) is 18.8 Å². The van der Waals surface area contributed by atoms with E-state index in [-0.39, 0.29) is 6.04 Å². The number of aliphatic imine (C=N–C) groups is 1. The summed E-state index contributed by atoms with van der Waals surface area (Å²) in [5.41, 5.74) is 1.19. The standard InChI is InChI=1S/C25H38N6O/c1-2-26-25(28-19-21-11-12-27-24(18-21)31-15-7-4-8-16-31)29-20-22(23-10-9-17-32-23)30-13-5-3-6-14-30/h9-12,17-18,22H,2-8,13-16,19-20H2,1H3,(H2,26,28,29). The molecule has 4 rings (SSSR count). The van der Waals surface area contributed by atoms with Gasteiger partial charge in [0, 0.05) is 32.4 Å². The summed E-state index contributed by atoms with van der Waals surface area (Å²) in [6.07, 6.45) is 11.4. The second kappa shape index (κ2) is 11.9. The quantitative estimate of drug-likeness (QED) is 0.481. The molecule has 0 aromatic carbocycles. The Morgan fingerprint density at radius 1 is 1.06 bits per heavy atom. The molecule has 2 saturated heterocycles. The van der Waals surface area contributed by atoms with E-state index in [4.69, 9.17) is 9.41 Å². The molecule has 2 fully saturated rings. The number of aromatic nitrogens is 1. The van der Waals surface area contributed by atoms with Crippen LogP contribution in [0.15, 0.2) is 46.1 Å². The number of piperidine rings is 2. The van der Waals surface area contributed by atoms with Crippen molar-refractivity contribution in [1.82, 2.24) is 20.5 Å². The van der Waals surface area contributed by atoms with Crippen LogP contribution in [0.1, 0.15) is 62.8 Å². The molecular formula is C25H38N6O. The number of hydrogen-bond donors (Lipinski definition) is 2. The normalized spacial score (nSPS) is 19.0. The first-order valence-electron chi connectivity index (χ1n) is 12.3. The van der Waals surface area contributed by atoms with Gasteiger partial charge in [0.15, 0.2) is 5.96 Å². The van der Waals surface area contributed by atoms with Crippen LogP contribution in [0.4, 0.5) is 5.82 Å². The summed E-state index contributed by atoms with van der Waals surface area (Å²) in [7, 11) is 0. The monoisotopic (exact) mass is 438 g/mol. The number of nitrogens with zero attached hydrogens (tertiary/aromatic N) is 4. The zero-order chi connectivity index (χ0) is 22.0. The molecule has 32 heavy (non-hydrogen) atoms. The van der Waals surface area contributed by atoms with E-state index < -0.39 is 0 Å². The maximum Gasteiger partial charge on any atom is 0.191 e. The molecule has 0 spiro atoms. The highest BCUT2D eigenvalue weighted by molar-refractivity contribution is 5.79. The molecule has 0 saturated carbocycles. The van der Waals surface area contributed by atoms with Crippen LogP contribution < -0.4 is 15.5 Å². The zero-order valence-corrected chi connectivity index (χ0v) is 19.4. The average molecular weight is 439 g/mol. The van der Waals surface area contributed by atoms with Gasteiger partial charge in [0.1, 0.15) is 11.6 Å². The smallest absolute Gasteiger partial charge is 0.191 e. The molecule has 2 aliphatic rings. The highest BCUT2D eigenvalue weighted by atomic mass is 16.3. The third-order valence-corrected chi connectivity index (χ3v) is 6.42. The summed E-state index contributed by atoms with van der Waals surface area (Å²) in [6, 6.07) is 8.55. The Bertz CT molecular complexity index is 825. The number of rotatable bonds is 8. The van der Waals surface area contributed by atoms with Crippen molar-refractivity contribution in [2.45, 2.75) is 58.0 Å². The molecule has 7 heteroatoms. The highest BCUT2D eigenvalue weighted by Gasteiger charge is 2.24. The van der Waals surface area contributed by atoms with Gasteiger partial charge in [-0.3, -0.25) is 4.90 Å². The molecule has 1 unspecified atom stereocenters. The van der Waals surface area contributed by atoms with Crippen molar-refractivity contribution in [3.8, 4) is 0 Å². The van der Waals surface area contributed by atoms with Crippen molar-refractivity contribution in [1.29, 1.82) is 0 Å². The number of nitrogens with one attached hydrogen (secondary N) is 2. The third-order valence-electron chi connectivity index (χ3n) is 6.42. The lowest BCUT2D eigenvalue weighted by molar-refractivity contribution is 0.146. The number of hydrogen-bond acceptors (Lipinski definition) is 5. The van der Waals surface area contributed by atoms with E-state index in [0.29, 0.717) is 6.54 Å². The summed E-state index contributed by atoms with van der Waals surface area (Å²) in [5, 5.41) is 6.96. The molecule has 174 valence electrons. The summed E-state index contributed by atoms with van der Waals surface area (Å²) >= 11 is 0. The number of pyridine rings is 1. The van der Waals surface area contributed by atoms with E-state index in [1.807, 2.05) is 12.3 Å². The molecule has 7 nitrogen and oxygen atoms in total.